The molecular formula is C32H35F9O2. The van der Waals surface area contributed by atoms with E-state index in [2.05, 4.69) is 9.47 Å². The minimum Gasteiger partial charge on any atom is -0.432 e. The largest absolute Gasteiger partial charge is 0.573 e. The molecule has 0 saturated heterocycles. The van der Waals surface area contributed by atoms with Crippen molar-refractivity contribution >= 4 is 5.83 Å². The van der Waals surface area contributed by atoms with Crippen LogP contribution in [-0.2, 0) is 0 Å². The van der Waals surface area contributed by atoms with Gasteiger partial charge in [0.05, 0.1) is 5.92 Å². The molecule has 2 aromatic carbocycles. The normalized spacial score (nSPS) is 24.0. The molecule has 0 bridgehead atoms. The van der Waals surface area contributed by atoms with Gasteiger partial charge in [-0.3, -0.25) is 0 Å². The van der Waals surface area contributed by atoms with E-state index in [1.165, 1.54) is 0 Å². The fourth-order valence-corrected chi connectivity index (χ4v) is 6.31. The minimum absolute atomic E-state index is 0.00919. The van der Waals surface area contributed by atoms with Crippen LogP contribution >= 0.6 is 0 Å². The summed E-state index contributed by atoms with van der Waals surface area (Å²) in [6, 6.07) is 7.47. The predicted molar refractivity (Wildman–Crippen MR) is 144 cm³/mol. The Morgan fingerprint density at radius 1 is 0.744 bits per heavy atom. The first-order valence-electron chi connectivity index (χ1n) is 14.7. The van der Waals surface area contributed by atoms with E-state index in [4.69, 9.17) is 0 Å². The molecule has 0 N–H and O–H groups in total. The predicted octanol–water partition coefficient (Wildman–Crippen LogP) is 11.4. The Kier molecular flexibility index (Phi) is 10.6. The lowest BCUT2D eigenvalue weighted by Gasteiger charge is -2.34. The Hall–Kier alpha value is -2.85. The highest BCUT2D eigenvalue weighted by atomic mass is 19.4. The van der Waals surface area contributed by atoms with Gasteiger partial charge in [-0.2, -0.15) is 8.78 Å². The van der Waals surface area contributed by atoms with Gasteiger partial charge < -0.3 is 9.47 Å². The highest BCUT2D eigenvalue weighted by Gasteiger charge is 2.44. The lowest BCUT2D eigenvalue weighted by molar-refractivity contribution is -0.276. The number of hydrogen-bond donors (Lipinski definition) is 0. The molecule has 2 aliphatic carbocycles. The number of halogens is 9. The van der Waals surface area contributed by atoms with Gasteiger partial charge >= 0.3 is 12.5 Å². The van der Waals surface area contributed by atoms with Crippen LogP contribution in [0.1, 0.15) is 94.6 Å². The summed E-state index contributed by atoms with van der Waals surface area (Å²) in [7, 11) is 0. The second kappa shape index (κ2) is 13.8. The first-order valence-corrected chi connectivity index (χ1v) is 14.7. The smallest absolute Gasteiger partial charge is 0.432 e. The summed E-state index contributed by atoms with van der Waals surface area (Å²) in [5.74, 6) is -7.85. The summed E-state index contributed by atoms with van der Waals surface area (Å²) >= 11 is 0. The van der Waals surface area contributed by atoms with E-state index in [0.29, 0.717) is 24.7 Å². The summed E-state index contributed by atoms with van der Waals surface area (Å²) in [5, 5.41) is 0. The third-order valence-electron chi connectivity index (χ3n) is 8.78. The third-order valence-corrected chi connectivity index (χ3v) is 8.78. The summed E-state index contributed by atoms with van der Waals surface area (Å²) in [6.07, 6.45) is -1.73. The Bertz CT molecular complexity index is 1220. The SMILES string of the molecule is CCC(F)=C(F)c1ccc(C2CCC(CCC3CCC(C(F)(F)Oc4cc(F)c(OC(F)(F)F)c(F)c4)CC3)CC2)cc1. The molecule has 4 rings (SSSR count). The first kappa shape index (κ1) is 33.1. The van der Waals surface area contributed by atoms with Crippen molar-refractivity contribution < 1.29 is 49.0 Å². The van der Waals surface area contributed by atoms with Crippen molar-refractivity contribution in [2.24, 2.45) is 17.8 Å². The number of rotatable bonds is 10. The van der Waals surface area contributed by atoms with Crippen LogP contribution in [0.2, 0.25) is 0 Å². The van der Waals surface area contributed by atoms with E-state index in [-0.39, 0.29) is 42.9 Å². The van der Waals surface area contributed by atoms with Crippen LogP contribution in [-0.4, -0.2) is 12.5 Å². The monoisotopic (exact) mass is 622 g/mol. The molecule has 0 aliphatic heterocycles. The Morgan fingerprint density at radius 3 is 1.74 bits per heavy atom. The Labute approximate surface area is 245 Å². The quantitative estimate of drug-likeness (QED) is 0.246. The molecule has 0 amide bonds. The molecule has 0 heterocycles. The topological polar surface area (TPSA) is 18.5 Å². The van der Waals surface area contributed by atoms with Gasteiger partial charge in [-0.1, -0.05) is 44.0 Å². The maximum absolute atomic E-state index is 14.8. The van der Waals surface area contributed by atoms with Crippen molar-refractivity contribution in [1.29, 1.82) is 0 Å². The highest BCUT2D eigenvalue weighted by Crippen LogP contribution is 2.44. The van der Waals surface area contributed by atoms with E-state index >= 15 is 0 Å². The molecule has 11 heteroatoms. The van der Waals surface area contributed by atoms with Gasteiger partial charge in [-0.15, -0.1) is 13.2 Å². The molecule has 238 valence electrons. The molecule has 0 aromatic heterocycles. The van der Waals surface area contributed by atoms with Crippen molar-refractivity contribution in [1.82, 2.24) is 0 Å². The van der Waals surface area contributed by atoms with E-state index in [0.717, 1.165) is 44.1 Å². The fourth-order valence-electron chi connectivity index (χ4n) is 6.31. The minimum atomic E-state index is -5.35. The van der Waals surface area contributed by atoms with Crippen LogP contribution in [0.25, 0.3) is 5.83 Å². The number of benzene rings is 2. The van der Waals surface area contributed by atoms with Crippen molar-refractivity contribution in [3.63, 3.8) is 0 Å². The van der Waals surface area contributed by atoms with Gasteiger partial charge in [0.1, 0.15) is 11.6 Å². The van der Waals surface area contributed by atoms with E-state index in [9.17, 15) is 39.5 Å². The molecule has 0 spiro atoms. The van der Waals surface area contributed by atoms with Crippen LogP contribution in [0.3, 0.4) is 0 Å². The van der Waals surface area contributed by atoms with E-state index < -0.39 is 53.2 Å². The van der Waals surface area contributed by atoms with E-state index in [1.807, 2.05) is 12.1 Å². The molecule has 2 fully saturated rings. The zero-order chi connectivity index (χ0) is 31.4. The van der Waals surface area contributed by atoms with Crippen LogP contribution in [0, 0.1) is 29.4 Å². The van der Waals surface area contributed by atoms with Gasteiger partial charge in [0.25, 0.3) is 0 Å². The average molecular weight is 623 g/mol. The number of alkyl halides is 5. The fraction of sp³-hybridized carbons (Fsp3) is 0.562. The standard InChI is InChI=1S/C32H35F9O2/c1-2-26(33)29(36)23-13-11-22(12-14-23)21-9-5-19(6-10-21)3-4-20-7-15-24(16-8-20)31(37,38)42-25-17-27(34)30(28(35)18-25)43-32(39,40)41/h11-14,17-21,24H,2-10,15-16H2,1H3. The maximum atomic E-state index is 14.8. The third kappa shape index (κ3) is 8.85. The van der Waals surface area contributed by atoms with Gasteiger partial charge in [-0.25, -0.2) is 17.6 Å². The van der Waals surface area contributed by atoms with Gasteiger partial charge in [-0.05, 0) is 81.1 Å². The number of ether oxygens (including phenoxy) is 2. The Morgan fingerprint density at radius 2 is 1.26 bits per heavy atom. The lowest BCUT2D eigenvalue weighted by atomic mass is 9.74. The zero-order valence-corrected chi connectivity index (χ0v) is 23.8. The van der Waals surface area contributed by atoms with Crippen molar-refractivity contribution in [3.05, 3.63) is 65.0 Å². The summed E-state index contributed by atoms with van der Waals surface area (Å²) in [5.41, 5.74) is 1.36. The number of hydrogen-bond acceptors (Lipinski definition) is 2. The van der Waals surface area contributed by atoms with E-state index in [1.54, 1.807) is 19.1 Å². The van der Waals surface area contributed by atoms with Gasteiger partial charge in [0.2, 0.25) is 5.75 Å². The van der Waals surface area contributed by atoms with Crippen LogP contribution in [0.5, 0.6) is 11.5 Å². The molecule has 2 aromatic rings. The van der Waals surface area contributed by atoms with Crippen LogP contribution in [0.4, 0.5) is 39.5 Å². The molecule has 0 unspecified atom stereocenters. The van der Waals surface area contributed by atoms with Crippen molar-refractivity contribution in [2.75, 3.05) is 0 Å². The molecule has 43 heavy (non-hydrogen) atoms. The molecule has 2 saturated carbocycles. The molecule has 2 nitrogen and oxygen atoms in total. The zero-order valence-electron chi connectivity index (χ0n) is 23.8. The summed E-state index contributed by atoms with van der Waals surface area (Å²) in [6.45, 7) is 1.56. The number of allylic oxidation sites excluding steroid dienone is 1. The van der Waals surface area contributed by atoms with Crippen LogP contribution in [0.15, 0.2) is 42.2 Å². The lowest BCUT2D eigenvalue weighted by Crippen LogP contribution is -2.37. The second-order valence-electron chi connectivity index (χ2n) is 11.6. The summed E-state index contributed by atoms with van der Waals surface area (Å²) in [4.78, 5) is 0. The molecule has 0 atom stereocenters. The van der Waals surface area contributed by atoms with Crippen molar-refractivity contribution in [3.8, 4) is 11.5 Å². The second-order valence-corrected chi connectivity index (χ2v) is 11.6. The average Bonchev–Trinajstić information content (AvgIpc) is 2.97. The molecule has 2 aliphatic rings. The maximum Gasteiger partial charge on any atom is 0.573 e. The Balaban J connectivity index is 1.20. The van der Waals surface area contributed by atoms with Crippen LogP contribution < -0.4 is 9.47 Å². The molecule has 0 radical (unpaired) electrons. The molecular weight excluding hydrogens is 587 g/mol. The first-order chi connectivity index (χ1) is 20.3. The van der Waals surface area contributed by atoms with Gasteiger partial charge in [0, 0.05) is 17.7 Å². The highest BCUT2D eigenvalue weighted by molar-refractivity contribution is 5.61. The van der Waals surface area contributed by atoms with Crippen molar-refractivity contribution in [2.45, 2.75) is 95.9 Å². The summed E-state index contributed by atoms with van der Waals surface area (Å²) < 4.78 is 130. The van der Waals surface area contributed by atoms with Gasteiger partial charge in [0.15, 0.2) is 17.5 Å².